The van der Waals surface area contributed by atoms with Crippen molar-refractivity contribution in [2.75, 3.05) is 19.1 Å². The summed E-state index contributed by atoms with van der Waals surface area (Å²) in [6, 6.07) is 5.83. The highest BCUT2D eigenvalue weighted by Crippen LogP contribution is 2.35. The fraction of sp³-hybridized carbons (Fsp3) is 0.294. The number of fused-ring (bicyclic) bond motifs is 1. The molecular weight excluding hydrogens is 324 g/mol. The molecule has 0 aromatic carbocycles. The molecule has 0 atom stereocenters. The Hall–Kier alpha value is -2.54. The third kappa shape index (κ3) is 2.94. The summed E-state index contributed by atoms with van der Waals surface area (Å²) < 4.78 is 4.87. The fourth-order valence-electron chi connectivity index (χ4n) is 2.59. The average molecular weight is 342 g/mol. The quantitative estimate of drug-likeness (QED) is 0.679. The SMILES string of the molecule is COC(=O)c1sc2nc(C)nc(N(C)Cc3ccccn3)c2c1C. The fourth-order valence-corrected chi connectivity index (χ4v) is 3.73. The molecule has 24 heavy (non-hydrogen) atoms. The molecule has 0 radical (unpaired) electrons. The van der Waals surface area contributed by atoms with Gasteiger partial charge in [-0.3, -0.25) is 4.98 Å². The van der Waals surface area contributed by atoms with Gasteiger partial charge in [-0.1, -0.05) is 6.07 Å². The van der Waals surface area contributed by atoms with Crippen molar-refractivity contribution >= 4 is 33.3 Å². The van der Waals surface area contributed by atoms with E-state index in [1.54, 1.807) is 6.20 Å². The summed E-state index contributed by atoms with van der Waals surface area (Å²) in [6.07, 6.45) is 1.77. The average Bonchev–Trinajstić information content (AvgIpc) is 2.91. The van der Waals surface area contributed by atoms with Gasteiger partial charge >= 0.3 is 5.97 Å². The molecule has 7 heteroatoms. The summed E-state index contributed by atoms with van der Waals surface area (Å²) >= 11 is 1.34. The number of aromatic nitrogens is 3. The summed E-state index contributed by atoms with van der Waals surface area (Å²) in [5, 5.41) is 0.893. The Labute approximate surface area is 144 Å². The molecule has 0 saturated heterocycles. The van der Waals surface area contributed by atoms with E-state index in [1.165, 1.54) is 18.4 Å². The highest BCUT2D eigenvalue weighted by Gasteiger charge is 2.22. The number of hydrogen-bond donors (Lipinski definition) is 0. The van der Waals surface area contributed by atoms with Crippen molar-refractivity contribution < 1.29 is 9.53 Å². The van der Waals surface area contributed by atoms with Crippen molar-refractivity contribution in [3.8, 4) is 0 Å². The van der Waals surface area contributed by atoms with Crippen LogP contribution >= 0.6 is 11.3 Å². The van der Waals surface area contributed by atoms with Crippen LogP contribution in [0.5, 0.6) is 0 Å². The zero-order chi connectivity index (χ0) is 17.3. The number of hydrogen-bond acceptors (Lipinski definition) is 7. The second-order valence-corrected chi connectivity index (χ2v) is 6.50. The van der Waals surface area contributed by atoms with Crippen molar-refractivity contribution in [1.29, 1.82) is 0 Å². The first-order valence-electron chi connectivity index (χ1n) is 7.48. The lowest BCUT2D eigenvalue weighted by Gasteiger charge is -2.19. The topological polar surface area (TPSA) is 68.2 Å². The molecule has 124 valence electrons. The van der Waals surface area contributed by atoms with Gasteiger partial charge in [-0.25, -0.2) is 14.8 Å². The molecular formula is C17H18N4O2S. The molecule has 0 saturated carbocycles. The predicted molar refractivity (Wildman–Crippen MR) is 94.6 cm³/mol. The zero-order valence-electron chi connectivity index (χ0n) is 14.0. The van der Waals surface area contributed by atoms with E-state index < -0.39 is 0 Å². The number of aryl methyl sites for hydroxylation is 2. The Morgan fingerprint density at radius 2 is 2.08 bits per heavy atom. The predicted octanol–water partition coefficient (Wildman–Crippen LogP) is 3.13. The molecule has 0 aliphatic heterocycles. The van der Waals surface area contributed by atoms with Gasteiger partial charge in [0.15, 0.2) is 0 Å². The lowest BCUT2D eigenvalue weighted by Crippen LogP contribution is -2.19. The summed E-state index contributed by atoms with van der Waals surface area (Å²) in [4.78, 5) is 28.8. The molecule has 6 nitrogen and oxygen atoms in total. The third-order valence-electron chi connectivity index (χ3n) is 3.74. The Kier molecular flexibility index (Phi) is 4.44. The zero-order valence-corrected chi connectivity index (χ0v) is 14.8. The maximum absolute atomic E-state index is 12.0. The van der Waals surface area contributed by atoms with Gasteiger partial charge in [0.25, 0.3) is 0 Å². The normalized spacial score (nSPS) is 10.8. The van der Waals surface area contributed by atoms with Gasteiger partial charge in [-0.05, 0) is 31.5 Å². The van der Waals surface area contributed by atoms with E-state index in [2.05, 4.69) is 15.0 Å². The molecule has 0 aliphatic rings. The number of anilines is 1. The lowest BCUT2D eigenvalue weighted by atomic mass is 10.2. The van der Waals surface area contributed by atoms with E-state index >= 15 is 0 Å². The van der Waals surface area contributed by atoms with Crippen LogP contribution in [0, 0.1) is 13.8 Å². The Morgan fingerprint density at radius 3 is 2.75 bits per heavy atom. The maximum atomic E-state index is 12.0. The number of pyridine rings is 1. The summed E-state index contributed by atoms with van der Waals surface area (Å²) in [6.45, 7) is 4.38. The van der Waals surface area contributed by atoms with E-state index in [4.69, 9.17) is 4.74 Å². The van der Waals surface area contributed by atoms with Gasteiger partial charge in [0, 0.05) is 13.2 Å². The monoisotopic (exact) mass is 342 g/mol. The Bertz CT molecular complexity index is 892. The molecule has 0 aliphatic carbocycles. The van der Waals surface area contributed by atoms with Crippen molar-refractivity contribution in [1.82, 2.24) is 15.0 Å². The second-order valence-electron chi connectivity index (χ2n) is 5.50. The van der Waals surface area contributed by atoms with Crippen molar-refractivity contribution in [2.24, 2.45) is 0 Å². The number of methoxy groups -OCH3 is 1. The van der Waals surface area contributed by atoms with E-state index in [9.17, 15) is 4.79 Å². The lowest BCUT2D eigenvalue weighted by molar-refractivity contribution is 0.0605. The Balaban J connectivity index is 2.09. The van der Waals surface area contributed by atoms with E-state index in [0.29, 0.717) is 17.2 Å². The molecule has 3 rings (SSSR count). The minimum Gasteiger partial charge on any atom is -0.465 e. The molecule has 0 N–H and O–H groups in total. The van der Waals surface area contributed by atoms with Gasteiger partial charge in [0.05, 0.1) is 24.7 Å². The van der Waals surface area contributed by atoms with E-state index in [0.717, 1.165) is 27.3 Å². The van der Waals surface area contributed by atoms with Crippen LogP contribution in [0.25, 0.3) is 10.2 Å². The van der Waals surface area contributed by atoms with Crippen LogP contribution in [-0.4, -0.2) is 35.1 Å². The number of carbonyl (C=O) groups excluding carboxylic acids is 1. The van der Waals surface area contributed by atoms with Crippen molar-refractivity contribution in [3.05, 3.63) is 46.4 Å². The van der Waals surface area contributed by atoms with Gasteiger partial charge in [0.1, 0.15) is 21.3 Å². The maximum Gasteiger partial charge on any atom is 0.348 e. The van der Waals surface area contributed by atoms with Crippen molar-refractivity contribution in [2.45, 2.75) is 20.4 Å². The van der Waals surface area contributed by atoms with Gasteiger partial charge in [-0.2, -0.15) is 0 Å². The molecule has 0 bridgehead atoms. The number of nitrogens with zero attached hydrogens (tertiary/aromatic N) is 4. The minimum absolute atomic E-state index is 0.341. The molecule has 0 amide bonds. The van der Waals surface area contributed by atoms with Crippen LogP contribution in [0.4, 0.5) is 5.82 Å². The van der Waals surface area contributed by atoms with Crippen LogP contribution in [-0.2, 0) is 11.3 Å². The van der Waals surface area contributed by atoms with Gasteiger partial charge in [0.2, 0.25) is 0 Å². The van der Waals surface area contributed by atoms with Crippen LogP contribution in [0.1, 0.15) is 26.8 Å². The number of esters is 1. The van der Waals surface area contributed by atoms with E-state index in [-0.39, 0.29) is 5.97 Å². The first kappa shape index (κ1) is 16.3. The highest BCUT2D eigenvalue weighted by molar-refractivity contribution is 7.20. The minimum atomic E-state index is -0.341. The van der Waals surface area contributed by atoms with Crippen LogP contribution in [0.2, 0.25) is 0 Å². The van der Waals surface area contributed by atoms with Gasteiger partial charge < -0.3 is 9.64 Å². The molecule has 0 unspecified atom stereocenters. The molecule has 3 aromatic heterocycles. The molecule has 3 aromatic rings. The van der Waals surface area contributed by atoms with Crippen LogP contribution in [0.15, 0.2) is 24.4 Å². The summed E-state index contributed by atoms with van der Waals surface area (Å²) in [7, 11) is 3.35. The molecule has 3 heterocycles. The number of carbonyl (C=O) groups is 1. The van der Waals surface area contributed by atoms with Crippen molar-refractivity contribution in [3.63, 3.8) is 0 Å². The summed E-state index contributed by atoms with van der Waals surface area (Å²) in [5.74, 6) is 1.13. The first-order chi connectivity index (χ1) is 11.5. The summed E-state index contributed by atoms with van der Waals surface area (Å²) in [5.41, 5.74) is 1.80. The van der Waals surface area contributed by atoms with Gasteiger partial charge in [-0.15, -0.1) is 11.3 Å². The Morgan fingerprint density at radius 1 is 1.29 bits per heavy atom. The molecule has 0 fully saturated rings. The number of ether oxygens (including phenoxy) is 1. The molecule has 0 spiro atoms. The number of thiophene rings is 1. The largest absolute Gasteiger partial charge is 0.465 e. The first-order valence-corrected chi connectivity index (χ1v) is 8.30. The smallest absolute Gasteiger partial charge is 0.348 e. The standard InChI is InChI=1S/C17H18N4O2S/c1-10-13-15(21(3)9-12-7-5-6-8-18-12)19-11(2)20-16(13)24-14(10)17(22)23-4/h5-8H,9H2,1-4H3. The second kappa shape index (κ2) is 6.52. The van der Waals surface area contributed by atoms with E-state index in [1.807, 2.05) is 44.0 Å². The third-order valence-corrected chi connectivity index (χ3v) is 4.91. The van der Waals surface area contributed by atoms with Crippen LogP contribution < -0.4 is 4.90 Å². The number of rotatable bonds is 4. The highest BCUT2D eigenvalue weighted by atomic mass is 32.1. The van der Waals surface area contributed by atoms with Crippen LogP contribution in [0.3, 0.4) is 0 Å².